The van der Waals surface area contributed by atoms with Crippen molar-refractivity contribution in [2.45, 2.75) is 5.88 Å². The van der Waals surface area contributed by atoms with E-state index in [1.807, 2.05) is 24.3 Å². The second-order valence-corrected chi connectivity index (χ2v) is 3.92. The van der Waals surface area contributed by atoms with Crippen molar-refractivity contribution in [3.63, 3.8) is 0 Å². The maximum atomic E-state index is 5.58. The Balaban J connectivity index is 2.19. The molecule has 0 atom stereocenters. The summed E-state index contributed by atoms with van der Waals surface area (Å²) in [4.78, 5) is 4.11. The van der Waals surface area contributed by atoms with Crippen molar-refractivity contribution >= 4 is 34.6 Å². The first kappa shape index (κ1) is 11.8. The molecule has 0 fully saturated rings. The van der Waals surface area contributed by atoms with Crippen LogP contribution in [0.1, 0.15) is 5.89 Å². The van der Waals surface area contributed by atoms with Crippen LogP contribution in [0, 0.1) is 0 Å². The van der Waals surface area contributed by atoms with Crippen LogP contribution in [0.5, 0.6) is 0 Å². The van der Waals surface area contributed by atoms with E-state index in [9.17, 15) is 0 Å². The molecule has 88 valence electrons. The highest BCUT2D eigenvalue weighted by Gasteiger charge is 2.07. The van der Waals surface area contributed by atoms with Gasteiger partial charge in [-0.05, 0) is 36.5 Å². The van der Waals surface area contributed by atoms with E-state index in [0.717, 1.165) is 11.3 Å². The quantitative estimate of drug-likeness (QED) is 0.656. The van der Waals surface area contributed by atoms with E-state index >= 15 is 0 Å². The van der Waals surface area contributed by atoms with Crippen LogP contribution in [0.4, 0.5) is 5.69 Å². The molecule has 0 radical (unpaired) electrons. The van der Waals surface area contributed by atoms with Crippen LogP contribution < -0.4 is 11.1 Å². The zero-order valence-electron chi connectivity index (χ0n) is 8.68. The average molecular weight is 269 g/mol. The molecule has 0 aliphatic heterocycles. The molecule has 0 bridgehead atoms. The Hall–Kier alpha value is -1.66. The molecule has 3 N–H and O–H groups in total. The lowest BCUT2D eigenvalue weighted by atomic mass is 10.2. The van der Waals surface area contributed by atoms with Gasteiger partial charge in [0.05, 0.1) is 0 Å². The van der Waals surface area contributed by atoms with Crippen LogP contribution >= 0.6 is 23.8 Å². The van der Waals surface area contributed by atoms with E-state index < -0.39 is 0 Å². The molecule has 2 aromatic rings. The lowest BCUT2D eigenvalue weighted by Gasteiger charge is -2.03. The topological polar surface area (TPSA) is 77.0 Å². The summed E-state index contributed by atoms with van der Waals surface area (Å²) in [5, 5.41) is 6.85. The summed E-state index contributed by atoms with van der Waals surface area (Å²) in [6.07, 6.45) is 0. The number of halogens is 1. The maximum absolute atomic E-state index is 5.58. The van der Waals surface area contributed by atoms with Gasteiger partial charge in [0.15, 0.2) is 5.11 Å². The predicted octanol–water partition coefficient (Wildman–Crippen LogP) is 2.13. The van der Waals surface area contributed by atoms with Crippen LogP contribution in [-0.2, 0) is 5.88 Å². The van der Waals surface area contributed by atoms with Gasteiger partial charge in [-0.25, -0.2) is 0 Å². The first-order valence-electron chi connectivity index (χ1n) is 4.74. The number of nitrogens with one attached hydrogen (secondary N) is 1. The number of rotatable bonds is 3. The smallest absolute Gasteiger partial charge is 0.241 e. The van der Waals surface area contributed by atoms with E-state index in [4.69, 9.17) is 34.1 Å². The molecule has 17 heavy (non-hydrogen) atoms. The number of nitrogens with zero attached hydrogens (tertiary/aromatic N) is 2. The summed E-state index contributed by atoms with van der Waals surface area (Å²) < 4.78 is 4.91. The summed E-state index contributed by atoms with van der Waals surface area (Å²) >= 11 is 10.3. The molecule has 0 saturated carbocycles. The minimum Gasteiger partial charge on any atom is -0.376 e. The van der Waals surface area contributed by atoms with Gasteiger partial charge in [0.25, 0.3) is 0 Å². The van der Waals surface area contributed by atoms with E-state index in [0.29, 0.717) is 11.7 Å². The zero-order chi connectivity index (χ0) is 12.3. The molecular formula is C10H9ClN4OS. The highest BCUT2D eigenvalue weighted by molar-refractivity contribution is 7.80. The molecular weight excluding hydrogens is 260 g/mol. The van der Waals surface area contributed by atoms with Crippen molar-refractivity contribution in [1.82, 2.24) is 10.1 Å². The Kier molecular flexibility index (Phi) is 3.55. The molecule has 0 aliphatic rings. The Labute approximate surface area is 108 Å². The summed E-state index contributed by atoms with van der Waals surface area (Å²) in [6, 6.07) is 7.32. The van der Waals surface area contributed by atoms with Gasteiger partial charge in [0.2, 0.25) is 11.7 Å². The van der Waals surface area contributed by atoms with Gasteiger partial charge in [-0.1, -0.05) is 5.16 Å². The van der Waals surface area contributed by atoms with Crippen LogP contribution in [0.25, 0.3) is 11.4 Å². The van der Waals surface area contributed by atoms with Crippen LogP contribution in [0.15, 0.2) is 28.8 Å². The lowest BCUT2D eigenvalue weighted by molar-refractivity contribution is 0.391. The van der Waals surface area contributed by atoms with Crippen molar-refractivity contribution in [2.24, 2.45) is 5.73 Å². The van der Waals surface area contributed by atoms with E-state index in [-0.39, 0.29) is 11.0 Å². The fourth-order valence-corrected chi connectivity index (χ4v) is 1.50. The summed E-state index contributed by atoms with van der Waals surface area (Å²) in [5.74, 6) is 1.10. The molecule has 2 rings (SSSR count). The van der Waals surface area contributed by atoms with Crippen LogP contribution in [0.3, 0.4) is 0 Å². The number of hydrogen-bond donors (Lipinski definition) is 2. The number of anilines is 1. The molecule has 5 nitrogen and oxygen atoms in total. The predicted molar refractivity (Wildman–Crippen MR) is 69.7 cm³/mol. The summed E-state index contributed by atoms with van der Waals surface area (Å²) in [5.41, 5.74) is 7.00. The van der Waals surface area contributed by atoms with E-state index in [2.05, 4.69) is 15.5 Å². The van der Waals surface area contributed by atoms with Gasteiger partial charge in [-0.15, -0.1) is 11.6 Å². The molecule has 1 heterocycles. The molecule has 0 aliphatic carbocycles. The van der Waals surface area contributed by atoms with Gasteiger partial charge >= 0.3 is 0 Å². The number of aromatic nitrogens is 2. The normalized spacial score (nSPS) is 10.2. The van der Waals surface area contributed by atoms with Gasteiger partial charge in [-0.3, -0.25) is 0 Å². The Morgan fingerprint density at radius 3 is 2.65 bits per heavy atom. The Bertz CT molecular complexity index is 525. The van der Waals surface area contributed by atoms with E-state index in [1.54, 1.807) is 0 Å². The molecule has 0 amide bonds. The first-order valence-corrected chi connectivity index (χ1v) is 5.69. The molecule has 0 saturated heterocycles. The Morgan fingerprint density at radius 2 is 2.12 bits per heavy atom. The van der Waals surface area contributed by atoms with Gasteiger partial charge < -0.3 is 15.6 Å². The first-order chi connectivity index (χ1) is 8.19. The largest absolute Gasteiger partial charge is 0.376 e. The van der Waals surface area contributed by atoms with Gasteiger partial charge in [0.1, 0.15) is 5.88 Å². The third-order valence-electron chi connectivity index (χ3n) is 1.99. The average Bonchev–Trinajstić information content (AvgIpc) is 2.78. The molecule has 7 heteroatoms. The Morgan fingerprint density at radius 1 is 1.41 bits per heavy atom. The van der Waals surface area contributed by atoms with Gasteiger partial charge in [-0.2, -0.15) is 4.98 Å². The number of alkyl halides is 1. The summed E-state index contributed by atoms with van der Waals surface area (Å²) in [7, 11) is 0. The highest BCUT2D eigenvalue weighted by Crippen LogP contribution is 2.18. The van der Waals surface area contributed by atoms with E-state index in [1.165, 1.54) is 0 Å². The monoisotopic (exact) mass is 268 g/mol. The van der Waals surface area contributed by atoms with Crippen LogP contribution in [0.2, 0.25) is 0 Å². The number of hydrogen-bond acceptors (Lipinski definition) is 4. The molecule has 1 aromatic carbocycles. The number of thiocarbonyl (C=S) groups is 1. The van der Waals surface area contributed by atoms with Crippen molar-refractivity contribution < 1.29 is 4.52 Å². The third kappa shape index (κ3) is 2.92. The minimum absolute atomic E-state index is 0.202. The second kappa shape index (κ2) is 5.11. The van der Waals surface area contributed by atoms with Gasteiger partial charge in [0, 0.05) is 11.3 Å². The molecule has 1 aromatic heterocycles. The van der Waals surface area contributed by atoms with Crippen molar-refractivity contribution in [2.75, 3.05) is 5.32 Å². The standard InChI is InChI=1S/C10H9ClN4OS/c11-5-8-14-9(15-16-8)6-1-3-7(4-2-6)13-10(12)17/h1-4H,5H2,(H3,12,13,17). The van der Waals surface area contributed by atoms with Crippen molar-refractivity contribution in [1.29, 1.82) is 0 Å². The SMILES string of the molecule is NC(=S)Nc1ccc(-c2noc(CCl)n2)cc1. The van der Waals surface area contributed by atoms with Crippen LogP contribution in [-0.4, -0.2) is 15.3 Å². The lowest BCUT2D eigenvalue weighted by Crippen LogP contribution is -2.18. The maximum Gasteiger partial charge on any atom is 0.241 e. The number of nitrogens with two attached hydrogens (primary N) is 1. The number of benzene rings is 1. The van der Waals surface area contributed by atoms with Crippen molar-refractivity contribution in [3.05, 3.63) is 30.2 Å². The second-order valence-electron chi connectivity index (χ2n) is 3.21. The molecule has 0 spiro atoms. The third-order valence-corrected chi connectivity index (χ3v) is 2.32. The fourth-order valence-electron chi connectivity index (χ4n) is 1.27. The molecule has 0 unspecified atom stereocenters. The minimum atomic E-state index is 0.202. The van der Waals surface area contributed by atoms with Crippen molar-refractivity contribution in [3.8, 4) is 11.4 Å². The highest BCUT2D eigenvalue weighted by atomic mass is 35.5. The fraction of sp³-hybridized carbons (Fsp3) is 0.100. The summed E-state index contributed by atoms with van der Waals surface area (Å²) in [6.45, 7) is 0. The zero-order valence-corrected chi connectivity index (χ0v) is 10.3.